The van der Waals surface area contributed by atoms with Crippen molar-refractivity contribution in [1.82, 2.24) is 24.3 Å². The van der Waals surface area contributed by atoms with Crippen LogP contribution in [0.4, 0.5) is 13.2 Å². The van der Waals surface area contributed by atoms with Gasteiger partial charge in [0, 0.05) is 30.7 Å². The van der Waals surface area contributed by atoms with E-state index in [0.29, 0.717) is 24.2 Å². The van der Waals surface area contributed by atoms with Gasteiger partial charge in [0.05, 0.1) is 33.5 Å². The Hall–Kier alpha value is -3.42. The van der Waals surface area contributed by atoms with E-state index in [9.17, 15) is 13.2 Å². The van der Waals surface area contributed by atoms with Gasteiger partial charge in [-0.2, -0.15) is 18.3 Å². The summed E-state index contributed by atoms with van der Waals surface area (Å²) >= 11 is 0. The first-order chi connectivity index (χ1) is 14.7. The number of aryl methyl sites for hydroxylation is 3. The minimum Gasteiger partial charge on any atom is -0.331 e. The van der Waals surface area contributed by atoms with Crippen LogP contribution in [-0.2, 0) is 19.9 Å². The van der Waals surface area contributed by atoms with Crippen molar-refractivity contribution in [2.24, 2.45) is 7.05 Å². The first-order valence-corrected chi connectivity index (χ1v) is 9.88. The molecule has 3 heterocycles. The molecule has 0 aliphatic heterocycles. The minimum atomic E-state index is -4.52. The normalized spacial score (nSPS) is 12.8. The smallest absolute Gasteiger partial charge is 0.331 e. The van der Waals surface area contributed by atoms with Crippen molar-refractivity contribution in [3.05, 3.63) is 66.4 Å². The Morgan fingerprint density at radius 3 is 2.68 bits per heavy atom. The lowest BCUT2D eigenvalue weighted by Crippen LogP contribution is -2.13. The summed E-state index contributed by atoms with van der Waals surface area (Å²) in [4.78, 5) is 9.16. The molecule has 0 amide bonds. The van der Waals surface area contributed by atoms with Crippen molar-refractivity contribution in [2.45, 2.75) is 32.9 Å². The van der Waals surface area contributed by atoms with Crippen LogP contribution in [0.15, 0.2) is 49.2 Å². The minimum absolute atomic E-state index is 0.0415. The quantitative estimate of drug-likeness (QED) is 0.421. The summed E-state index contributed by atoms with van der Waals surface area (Å²) < 4.78 is 43.1. The molecular weight excluding hydrogens is 403 g/mol. The maximum Gasteiger partial charge on any atom is 0.417 e. The number of hydrogen-bond donors (Lipinski definition) is 0. The van der Waals surface area contributed by atoms with Crippen LogP contribution in [0, 0.1) is 0 Å². The number of aromatic nitrogens is 5. The first-order valence-electron chi connectivity index (χ1n) is 9.88. The van der Waals surface area contributed by atoms with Gasteiger partial charge in [0.1, 0.15) is 5.82 Å². The first kappa shape index (κ1) is 20.8. The Labute approximate surface area is 177 Å². The third-order valence-electron chi connectivity index (χ3n) is 5.49. The number of fused-ring (bicyclic) bond motifs is 3. The molecule has 8 heteroatoms. The van der Waals surface area contributed by atoms with E-state index < -0.39 is 11.7 Å². The van der Waals surface area contributed by atoms with E-state index in [1.807, 2.05) is 35.9 Å². The second-order valence-corrected chi connectivity index (χ2v) is 7.43. The number of allylic oxidation sites excluding steroid dienone is 3. The van der Waals surface area contributed by atoms with Crippen LogP contribution in [0.1, 0.15) is 31.1 Å². The molecule has 0 bridgehead atoms. The van der Waals surface area contributed by atoms with Crippen molar-refractivity contribution < 1.29 is 13.2 Å². The van der Waals surface area contributed by atoms with E-state index in [4.69, 9.17) is 4.98 Å². The second kappa shape index (κ2) is 7.68. The topological polar surface area (TPSA) is 48.5 Å². The SMILES string of the molecule is C=C(c1cc(CCc2nc3c4cccnc4ccc3n2C)nn1/C(C)=C\C)C(F)(F)F. The maximum absolute atomic E-state index is 13.3. The van der Waals surface area contributed by atoms with Gasteiger partial charge >= 0.3 is 6.18 Å². The average Bonchev–Trinajstić information content (AvgIpc) is 3.32. The summed E-state index contributed by atoms with van der Waals surface area (Å²) in [6.07, 6.45) is -0.0656. The fraction of sp³-hybridized carbons (Fsp3) is 0.261. The number of nitrogens with zero attached hydrogens (tertiary/aromatic N) is 5. The van der Waals surface area contributed by atoms with Gasteiger partial charge in [-0.05, 0) is 50.6 Å². The molecule has 1 aromatic carbocycles. The van der Waals surface area contributed by atoms with Crippen molar-refractivity contribution >= 4 is 33.2 Å². The zero-order valence-electron chi connectivity index (χ0n) is 17.5. The highest BCUT2D eigenvalue weighted by Crippen LogP contribution is 2.34. The highest BCUT2D eigenvalue weighted by Gasteiger charge is 2.35. The van der Waals surface area contributed by atoms with E-state index in [1.54, 1.807) is 26.1 Å². The average molecular weight is 425 g/mol. The highest BCUT2D eigenvalue weighted by atomic mass is 19.4. The summed E-state index contributed by atoms with van der Waals surface area (Å²) in [5, 5.41) is 5.38. The van der Waals surface area contributed by atoms with Crippen molar-refractivity contribution in [3.8, 4) is 0 Å². The summed E-state index contributed by atoms with van der Waals surface area (Å²) in [6.45, 7) is 6.72. The van der Waals surface area contributed by atoms with Crippen LogP contribution in [-0.4, -0.2) is 30.5 Å². The van der Waals surface area contributed by atoms with Crippen molar-refractivity contribution in [1.29, 1.82) is 0 Å². The molecule has 0 N–H and O–H groups in total. The van der Waals surface area contributed by atoms with Gasteiger partial charge in [-0.3, -0.25) is 4.98 Å². The molecule has 0 atom stereocenters. The van der Waals surface area contributed by atoms with E-state index >= 15 is 0 Å². The molecule has 4 rings (SSSR count). The Morgan fingerprint density at radius 1 is 1.19 bits per heavy atom. The van der Waals surface area contributed by atoms with E-state index in [-0.39, 0.29) is 5.69 Å². The lowest BCUT2D eigenvalue weighted by Gasteiger charge is -2.12. The lowest BCUT2D eigenvalue weighted by molar-refractivity contribution is -0.0690. The van der Waals surface area contributed by atoms with Crippen LogP contribution in [0.25, 0.3) is 33.2 Å². The molecule has 0 saturated heterocycles. The molecule has 31 heavy (non-hydrogen) atoms. The third-order valence-corrected chi connectivity index (χ3v) is 5.49. The van der Waals surface area contributed by atoms with Crippen LogP contribution in [0.5, 0.6) is 0 Å². The number of rotatable bonds is 5. The molecule has 0 unspecified atom stereocenters. The van der Waals surface area contributed by atoms with E-state index in [0.717, 1.165) is 27.8 Å². The van der Waals surface area contributed by atoms with Crippen molar-refractivity contribution in [2.75, 3.05) is 0 Å². The molecule has 0 spiro atoms. The molecule has 0 radical (unpaired) electrons. The molecule has 0 fully saturated rings. The standard InChI is InChI=1S/C23H22F3N5/c1-5-14(2)31-20(15(3)23(24,25)26)13-16(29-31)8-11-21-28-22-17-7-6-12-27-18(17)9-10-19(22)30(21)4/h5-7,9-10,12-13H,3,8,11H2,1-2,4H3/b14-5-. The zero-order chi connectivity index (χ0) is 22.3. The monoisotopic (exact) mass is 425 g/mol. The number of hydrogen-bond acceptors (Lipinski definition) is 3. The van der Waals surface area contributed by atoms with Gasteiger partial charge < -0.3 is 4.57 Å². The Bertz CT molecular complexity index is 1320. The third kappa shape index (κ3) is 3.73. The fourth-order valence-corrected chi connectivity index (χ4v) is 3.62. The van der Waals surface area contributed by atoms with Crippen molar-refractivity contribution in [3.63, 3.8) is 0 Å². The number of benzene rings is 1. The van der Waals surface area contributed by atoms with E-state index in [1.165, 1.54) is 10.7 Å². The summed E-state index contributed by atoms with van der Waals surface area (Å²) in [5.74, 6) is 0.833. The Balaban J connectivity index is 1.67. The fourth-order valence-electron chi connectivity index (χ4n) is 3.62. The molecule has 0 aliphatic rings. The van der Waals surface area contributed by atoms with Gasteiger partial charge in [-0.25, -0.2) is 9.67 Å². The lowest BCUT2D eigenvalue weighted by atomic mass is 10.1. The summed E-state index contributed by atoms with van der Waals surface area (Å²) in [7, 11) is 1.94. The highest BCUT2D eigenvalue weighted by molar-refractivity contribution is 6.02. The van der Waals surface area contributed by atoms with Gasteiger partial charge in [-0.1, -0.05) is 12.7 Å². The van der Waals surface area contributed by atoms with Crippen LogP contribution in [0.2, 0.25) is 0 Å². The molecule has 4 aromatic rings. The molecule has 3 aromatic heterocycles. The molecule has 5 nitrogen and oxygen atoms in total. The van der Waals surface area contributed by atoms with Gasteiger partial charge in [0.15, 0.2) is 0 Å². The zero-order valence-corrected chi connectivity index (χ0v) is 17.5. The second-order valence-electron chi connectivity index (χ2n) is 7.43. The summed E-state index contributed by atoms with van der Waals surface area (Å²) in [5.41, 5.74) is 2.93. The summed E-state index contributed by atoms with van der Waals surface area (Å²) in [6, 6.07) is 9.26. The molecular formula is C23H22F3N5. The number of halogens is 3. The predicted octanol–water partition coefficient (Wildman–Crippen LogP) is 5.56. The van der Waals surface area contributed by atoms with Gasteiger partial charge in [0.25, 0.3) is 0 Å². The van der Waals surface area contributed by atoms with Crippen LogP contribution < -0.4 is 0 Å². The Morgan fingerprint density at radius 2 is 1.97 bits per heavy atom. The number of pyridine rings is 1. The van der Waals surface area contributed by atoms with Crippen LogP contribution in [0.3, 0.4) is 0 Å². The molecule has 160 valence electrons. The predicted molar refractivity (Wildman–Crippen MR) is 116 cm³/mol. The molecule has 0 saturated carbocycles. The van der Waals surface area contributed by atoms with Crippen LogP contribution >= 0.6 is 0 Å². The largest absolute Gasteiger partial charge is 0.417 e. The number of imidazole rings is 1. The number of alkyl halides is 3. The van der Waals surface area contributed by atoms with E-state index in [2.05, 4.69) is 16.7 Å². The van der Waals surface area contributed by atoms with Gasteiger partial charge in [0.2, 0.25) is 0 Å². The maximum atomic E-state index is 13.3. The Kier molecular flexibility index (Phi) is 5.16. The van der Waals surface area contributed by atoms with Gasteiger partial charge in [-0.15, -0.1) is 0 Å². The molecule has 0 aliphatic carbocycles.